The van der Waals surface area contributed by atoms with Crippen LogP contribution in [0.4, 0.5) is 0 Å². The van der Waals surface area contributed by atoms with Crippen molar-refractivity contribution in [3.05, 3.63) is 7.43 Å². The first kappa shape index (κ1) is 32.0. The quantitative estimate of drug-likeness (QED) is 0.332. The molecule has 0 saturated heterocycles. The zero-order valence-electron chi connectivity index (χ0n) is 5.92. The van der Waals surface area contributed by atoms with E-state index in [1.807, 2.05) is 0 Å². The number of rotatable bonds is 0. The largest absolute Gasteiger partial charge is 4.00 e. The van der Waals surface area contributed by atoms with E-state index in [9.17, 15) is 0 Å². The average molecular weight is 180 g/mol. The summed E-state index contributed by atoms with van der Waals surface area (Å²) in [6.07, 6.45) is 2.00. The molecule has 64 valence electrons. The first-order chi connectivity index (χ1) is 5.66. The summed E-state index contributed by atoms with van der Waals surface area (Å²) < 4.78 is 0. The molecular weight excluding hydrogens is 180 g/mol. The summed E-state index contributed by atoms with van der Waals surface area (Å²) >= 11 is 0. The van der Waals surface area contributed by atoms with Crippen molar-refractivity contribution in [2.45, 2.75) is 0 Å². The summed E-state index contributed by atoms with van der Waals surface area (Å²) in [6, 6.07) is 0. The van der Waals surface area contributed by atoms with Crippen LogP contribution >= 0.6 is 0 Å². The Bertz CT molecular complexity index is 155. The maximum Gasteiger partial charge on any atom is 4.00 e. The van der Waals surface area contributed by atoms with E-state index < -0.39 is 0 Å². The fourth-order valence-corrected chi connectivity index (χ4v) is 0. The second-order valence-electron chi connectivity index (χ2n) is 0.365. The Kier molecular flexibility index (Phi) is 1120. The maximum absolute atomic E-state index is 8.24. The van der Waals surface area contributed by atoms with Gasteiger partial charge in [0, 0.05) is 25.0 Å². The van der Waals surface area contributed by atoms with Crippen LogP contribution in [0.25, 0.3) is 0 Å². The Balaban J connectivity index is -0.0000000213. The van der Waals surface area contributed by atoms with Crippen LogP contribution in [-0.4, -0.2) is 0 Å². The van der Waals surface area contributed by atoms with Crippen LogP contribution in [0.5, 0.6) is 0 Å². The molecule has 0 unspecified atom stereocenters. The SMILES string of the molecule is N#C[O-].N#C[O-].N#C[O-].N#C[O-].[C+4]. The van der Waals surface area contributed by atoms with Crippen molar-refractivity contribution >= 4 is 0 Å². The fourth-order valence-electron chi connectivity index (χ4n) is 0. The Morgan fingerprint density at radius 2 is 0.538 bits per heavy atom. The van der Waals surface area contributed by atoms with Gasteiger partial charge in [-0.15, -0.1) is 0 Å². The van der Waals surface area contributed by atoms with Gasteiger partial charge in [0.1, 0.15) is 0 Å². The molecule has 0 aliphatic heterocycles. The molecule has 0 radical (unpaired) electrons. The molecule has 0 heterocycles. The molecule has 0 atom stereocenters. The second kappa shape index (κ2) is 453. The van der Waals surface area contributed by atoms with Crippen molar-refractivity contribution in [2.75, 3.05) is 0 Å². The predicted molar refractivity (Wildman–Crippen MR) is 25.7 cm³/mol. The Hall–Kier alpha value is -2.84. The van der Waals surface area contributed by atoms with E-state index >= 15 is 0 Å². The number of hydrogen-bond acceptors (Lipinski definition) is 8. The molecule has 0 rings (SSSR count). The van der Waals surface area contributed by atoms with E-state index in [0.717, 1.165) is 0 Å². The van der Waals surface area contributed by atoms with E-state index in [1.165, 1.54) is 0 Å². The van der Waals surface area contributed by atoms with Gasteiger partial charge in [0.15, 0.2) is 0 Å². The minimum absolute atomic E-state index is 0. The Morgan fingerprint density at radius 3 is 0.538 bits per heavy atom. The minimum atomic E-state index is 0. The standard InChI is InChI=1S/4CHNO.C/c4*2-1-3;/h4*3H;/q;;;;+4/p-4. The van der Waals surface area contributed by atoms with Gasteiger partial charge in [0.05, 0.1) is 0 Å². The molecule has 0 bridgehead atoms. The summed E-state index contributed by atoms with van der Waals surface area (Å²) in [4.78, 5) is 0. The monoisotopic (exact) mass is 180 g/mol. The maximum atomic E-state index is 8.24. The average Bonchev–Trinajstić information content (AvgIpc) is 1.92. The molecule has 0 aliphatic carbocycles. The van der Waals surface area contributed by atoms with Crippen LogP contribution in [0, 0.1) is 53.5 Å². The third-order valence-corrected chi connectivity index (χ3v) is 0. The molecule has 0 N–H and O–H groups in total. The fraction of sp³-hybridized carbons (Fsp3) is 0. The molecule has 0 fully saturated rings. The Morgan fingerprint density at radius 1 is 0.538 bits per heavy atom. The summed E-state index contributed by atoms with van der Waals surface area (Å²) in [5, 5.41) is 60.0. The Labute approximate surface area is 75.0 Å². The van der Waals surface area contributed by atoms with Crippen molar-refractivity contribution in [3.63, 3.8) is 0 Å². The molecule has 0 amide bonds. The smallest absolute Gasteiger partial charge is 0.812 e. The molecule has 0 spiro atoms. The van der Waals surface area contributed by atoms with E-state index in [4.69, 9.17) is 41.5 Å². The molecule has 8 nitrogen and oxygen atoms in total. The molecule has 0 saturated carbocycles. The first-order valence-electron chi connectivity index (χ1n) is 1.71. The van der Waals surface area contributed by atoms with E-state index in [-0.39, 0.29) is 7.43 Å². The zero-order valence-corrected chi connectivity index (χ0v) is 5.92. The third kappa shape index (κ3) is 58.2. The molecular formula is C5N4O4. The molecule has 0 aromatic rings. The third-order valence-electron chi connectivity index (χ3n) is 0. The van der Waals surface area contributed by atoms with Gasteiger partial charge in [-0.25, -0.2) is 21.0 Å². The van der Waals surface area contributed by atoms with Gasteiger partial charge in [-0.2, -0.15) is 0 Å². The van der Waals surface area contributed by atoms with Crippen LogP contribution < -0.4 is 20.4 Å². The topological polar surface area (TPSA) is 187 Å². The van der Waals surface area contributed by atoms with Gasteiger partial charge in [0.25, 0.3) is 0 Å². The van der Waals surface area contributed by atoms with Gasteiger partial charge in [-0.05, 0) is 0 Å². The van der Waals surface area contributed by atoms with Crippen LogP contribution in [0.1, 0.15) is 0 Å². The molecule has 8 heteroatoms. The van der Waals surface area contributed by atoms with Gasteiger partial charge in [-0.1, -0.05) is 0 Å². The van der Waals surface area contributed by atoms with Crippen LogP contribution in [-0.2, 0) is 0 Å². The molecule has 13 heavy (non-hydrogen) atoms. The van der Waals surface area contributed by atoms with Gasteiger partial charge in [-0.3, -0.25) is 0 Å². The van der Waals surface area contributed by atoms with Gasteiger partial charge >= 0.3 is 7.43 Å². The van der Waals surface area contributed by atoms with Crippen LogP contribution in [0.2, 0.25) is 0 Å². The summed E-state index contributed by atoms with van der Waals surface area (Å²) in [5.41, 5.74) is 0. The zero-order chi connectivity index (χ0) is 10.8. The first-order valence-corrected chi connectivity index (χ1v) is 1.71. The van der Waals surface area contributed by atoms with Crippen molar-refractivity contribution in [1.29, 1.82) is 21.0 Å². The summed E-state index contributed by atoms with van der Waals surface area (Å²) in [7, 11) is 0. The number of hydrogen-bond donors (Lipinski definition) is 0. The molecule has 0 aromatic carbocycles. The summed E-state index contributed by atoms with van der Waals surface area (Å²) in [6.45, 7) is 0. The number of nitriles is 4. The van der Waals surface area contributed by atoms with E-state index in [0.29, 0.717) is 25.0 Å². The number of nitrogens with zero attached hydrogens (tertiary/aromatic N) is 4. The van der Waals surface area contributed by atoms with Crippen molar-refractivity contribution in [1.82, 2.24) is 0 Å². The van der Waals surface area contributed by atoms with Crippen molar-refractivity contribution in [3.8, 4) is 25.0 Å². The van der Waals surface area contributed by atoms with Crippen LogP contribution in [0.15, 0.2) is 0 Å². The molecule has 0 aromatic heterocycles. The van der Waals surface area contributed by atoms with E-state index in [1.54, 1.807) is 0 Å². The van der Waals surface area contributed by atoms with Gasteiger partial charge < -0.3 is 20.4 Å². The van der Waals surface area contributed by atoms with Crippen molar-refractivity contribution in [2.24, 2.45) is 0 Å². The van der Waals surface area contributed by atoms with E-state index in [2.05, 4.69) is 0 Å². The second-order valence-corrected chi connectivity index (χ2v) is 0.365. The van der Waals surface area contributed by atoms with Crippen LogP contribution in [0.3, 0.4) is 0 Å². The van der Waals surface area contributed by atoms with Gasteiger partial charge in [0.2, 0.25) is 0 Å². The van der Waals surface area contributed by atoms with Crippen molar-refractivity contribution < 1.29 is 20.4 Å². The molecule has 0 aliphatic rings. The minimum Gasteiger partial charge on any atom is -0.812 e. The predicted octanol–water partition coefficient (Wildman–Crippen LogP) is -4.61. The normalized spacial score (nSPS) is 2.15. The summed E-state index contributed by atoms with van der Waals surface area (Å²) in [5.74, 6) is 0.